The molecule has 0 aliphatic carbocycles. The van der Waals surface area contributed by atoms with Gasteiger partial charge in [0.1, 0.15) is 18.1 Å². The van der Waals surface area contributed by atoms with Crippen molar-refractivity contribution in [3.05, 3.63) is 36.0 Å². The minimum absolute atomic E-state index is 0.127. The van der Waals surface area contributed by atoms with E-state index in [2.05, 4.69) is 20.9 Å². The van der Waals surface area contributed by atoms with E-state index in [1.54, 1.807) is 6.20 Å². The Bertz CT molecular complexity index is 1120. The summed E-state index contributed by atoms with van der Waals surface area (Å²) in [4.78, 5) is 64.4. The molecule has 202 valence electrons. The zero-order chi connectivity index (χ0) is 27.5. The average molecular weight is 535 g/mol. The first-order valence-corrected chi connectivity index (χ1v) is 13.1. The lowest BCUT2D eigenvalue weighted by Gasteiger charge is -2.25. The molecule has 0 fully saturated rings. The second-order valence-corrected chi connectivity index (χ2v) is 9.65. The van der Waals surface area contributed by atoms with Crippen molar-refractivity contribution in [2.75, 3.05) is 12.0 Å². The Morgan fingerprint density at radius 1 is 0.973 bits per heavy atom. The number of nitrogens with two attached hydrogens (primary N) is 2. The van der Waals surface area contributed by atoms with Gasteiger partial charge in [0.2, 0.25) is 23.6 Å². The molecule has 1 aromatic carbocycles. The van der Waals surface area contributed by atoms with Gasteiger partial charge in [-0.25, -0.2) is 4.79 Å². The van der Waals surface area contributed by atoms with Crippen LogP contribution in [-0.2, 0) is 30.4 Å². The SMILES string of the molecule is CSCCC(NC(=O)C(Cc1c[nH]c2ccccc12)NC(=O)C(C)N)C(=O)NC(CCC(N)=O)C(=O)O. The summed E-state index contributed by atoms with van der Waals surface area (Å²) in [5.41, 5.74) is 12.4. The van der Waals surface area contributed by atoms with Crippen LogP contribution in [0.15, 0.2) is 30.5 Å². The van der Waals surface area contributed by atoms with Crippen LogP contribution in [-0.4, -0.2) is 75.9 Å². The Labute approximate surface area is 218 Å². The van der Waals surface area contributed by atoms with E-state index in [-0.39, 0.29) is 25.7 Å². The number of primary amides is 1. The maximum absolute atomic E-state index is 13.3. The number of benzene rings is 1. The number of hydrogen-bond donors (Lipinski definition) is 7. The standard InChI is InChI=1S/C24H34N6O6S/c1-13(25)21(32)30-19(11-14-12-27-16-6-4-3-5-15(14)16)23(34)28-17(9-10-37-2)22(33)29-18(24(35)36)7-8-20(26)31/h3-6,12-13,17-19,27H,7-11,25H2,1-2H3,(H2,26,31)(H,28,34)(H,29,33)(H,30,32)(H,35,36). The van der Waals surface area contributed by atoms with Crippen molar-refractivity contribution >= 4 is 52.3 Å². The van der Waals surface area contributed by atoms with Crippen LogP contribution in [0.1, 0.15) is 31.7 Å². The molecule has 2 rings (SSSR count). The van der Waals surface area contributed by atoms with Gasteiger partial charge < -0.3 is 37.5 Å². The Hall–Kier alpha value is -3.58. The van der Waals surface area contributed by atoms with Crippen molar-refractivity contribution in [1.82, 2.24) is 20.9 Å². The average Bonchev–Trinajstić information content (AvgIpc) is 3.25. The lowest BCUT2D eigenvalue weighted by molar-refractivity contribution is -0.142. The van der Waals surface area contributed by atoms with E-state index in [0.29, 0.717) is 5.75 Å². The minimum atomic E-state index is -1.35. The Morgan fingerprint density at radius 3 is 2.22 bits per heavy atom. The van der Waals surface area contributed by atoms with Crippen LogP contribution in [0.4, 0.5) is 0 Å². The first-order valence-electron chi connectivity index (χ1n) is 11.7. The lowest BCUT2D eigenvalue weighted by atomic mass is 10.0. The highest BCUT2D eigenvalue weighted by Gasteiger charge is 2.30. The molecule has 0 spiro atoms. The first kappa shape index (κ1) is 29.6. The molecule has 4 amide bonds. The topological polar surface area (TPSA) is 210 Å². The highest BCUT2D eigenvalue weighted by Crippen LogP contribution is 2.19. The number of carboxylic acid groups (broad SMARTS) is 1. The van der Waals surface area contributed by atoms with Gasteiger partial charge in [-0.3, -0.25) is 19.2 Å². The number of nitrogens with one attached hydrogen (secondary N) is 4. The monoisotopic (exact) mass is 534 g/mol. The van der Waals surface area contributed by atoms with Crippen molar-refractivity contribution in [3.8, 4) is 0 Å². The molecule has 4 unspecified atom stereocenters. The molecule has 1 aromatic heterocycles. The number of hydrogen-bond acceptors (Lipinski definition) is 7. The molecule has 2 aromatic rings. The number of carboxylic acids is 1. The number of rotatable bonds is 15. The van der Waals surface area contributed by atoms with Crippen molar-refractivity contribution < 1.29 is 29.1 Å². The molecule has 1 heterocycles. The summed E-state index contributed by atoms with van der Waals surface area (Å²) < 4.78 is 0. The fourth-order valence-electron chi connectivity index (χ4n) is 3.63. The Kier molecular flexibility index (Phi) is 11.4. The van der Waals surface area contributed by atoms with E-state index in [1.165, 1.54) is 18.7 Å². The number of aliphatic carboxylic acids is 1. The van der Waals surface area contributed by atoms with Crippen molar-refractivity contribution in [2.24, 2.45) is 11.5 Å². The Balaban J connectivity index is 2.23. The van der Waals surface area contributed by atoms with Crippen LogP contribution in [0.25, 0.3) is 10.9 Å². The zero-order valence-corrected chi connectivity index (χ0v) is 21.6. The largest absolute Gasteiger partial charge is 0.480 e. The molecule has 0 bridgehead atoms. The van der Waals surface area contributed by atoms with Gasteiger partial charge in [-0.2, -0.15) is 11.8 Å². The van der Waals surface area contributed by atoms with Gasteiger partial charge in [-0.15, -0.1) is 0 Å². The van der Waals surface area contributed by atoms with Crippen LogP contribution in [0.2, 0.25) is 0 Å². The summed E-state index contributed by atoms with van der Waals surface area (Å²) in [6, 6.07) is 3.15. The van der Waals surface area contributed by atoms with Gasteiger partial charge in [0.25, 0.3) is 0 Å². The minimum Gasteiger partial charge on any atom is -0.480 e. The maximum atomic E-state index is 13.3. The third kappa shape index (κ3) is 9.10. The quantitative estimate of drug-likeness (QED) is 0.160. The first-order chi connectivity index (χ1) is 17.5. The second-order valence-electron chi connectivity index (χ2n) is 8.66. The summed E-state index contributed by atoms with van der Waals surface area (Å²) in [7, 11) is 0. The van der Waals surface area contributed by atoms with Gasteiger partial charge in [0, 0.05) is 29.9 Å². The van der Waals surface area contributed by atoms with E-state index in [4.69, 9.17) is 11.5 Å². The maximum Gasteiger partial charge on any atom is 0.326 e. The molecule has 0 saturated carbocycles. The molecule has 0 aliphatic rings. The number of thioether (sulfide) groups is 1. The smallest absolute Gasteiger partial charge is 0.326 e. The van der Waals surface area contributed by atoms with Crippen molar-refractivity contribution in [2.45, 2.75) is 56.8 Å². The van der Waals surface area contributed by atoms with E-state index >= 15 is 0 Å². The van der Waals surface area contributed by atoms with Gasteiger partial charge in [0.05, 0.1) is 6.04 Å². The summed E-state index contributed by atoms with van der Waals surface area (Å²) in [6.45, 7) is 1.49. The summed E-state index contributed by atoms with van der Waals surface area (Å²) in [5, 5.41) is 18.0. The molecular formula is C24H34N6O6S. The second kappa shape index (κ2) is 14.2. The lowest BCUT2D eigenvalue weighted by Crippen LogP contribution is -2.57. The third-order valence-electron chi connectivity index (χ3n) is 5.68. The van der Waals surface area contributed by atoms with E-state index in [0.717, 1.165) is 16.5 Å². The number of aromatic amines is 1. The molecular weight excluding hydrogens is 500 g/mol. The van der Waals surface area contributed by atoms with Gasteiger partial charge in [-0.05, 0) is 43.4 Å². The van der Waals surface area contributed by atoms with Crippen LogP contribution in [0.5, 0.6) is 0 Å². The number of fused-ring (bicyclic) bond motifs is 1. The third-order valence-corrected chi connectivity index (χ3v) is 6.33. The predicted molar refractivity (Wildman–Crippen MR) is 141 cm³/mol. The zero-order valence-electron chi connectivity index (χ0n) is 20.8. The summed E-state index contributed by atoms with van der Waals surface area (Å²) in [5.74, 6) is -3.41. The number of aromatic nitrogens is 1. The summed E-state index contributed by atoms with van der Waals surface area (Å²) >= 11 is 1.44. The molecule has 4 atom stereocenters. The summed E-state index contributed by atoms with van der Waals surface area (Å²) in [6.07, 6.45) is 3.50. The fraction of sp³-hybridized carbons (Fsp3) is 0.458. The van der Waals surface area contributed by atoms with E-state index < -0.39 is 53.8 Å². The molecule has 13 heteroatoms. The molecule has 37 heavy (non-hydrogen) atoms. The van der Waals surface area contributed by atoms with Crippen molar-refractivity contribution in [1.29, 1.82) is 0 Å². The van der Waals surface area contributed by atoms with Crippen LogP contribution in [0, 0.1) is 0 Å². The van der Waals surface area contributed by atoms with Crippen LogP contribution >= 0.6 is 11.8 Å². The Morgan fingerprint density at radius 2 is 1.59 bits per heavy atom. The number of para-hydroxylation sites is 1. The molecule has 0 aliphatic heterocycles. The van der Waals surface area contributed by atoms with E-state index in [1.807, 2.05) is 30.5 Å². The highest BCUT2D eigenvalue weighted by molar-refractivity contribution is 7.98. The van der Waals surface area contributed by atoms with Crippen LogP contribution in [0.3, 0.4) is 0 Å². The van der Waals surface area contributed by atoms with Gasteiger partial charge >= 0.3 is 5.97 Å². The number of H-pyrrole nitrogens is 1. The normalized spacial score (nSPS) is 14.2. The fourth-order valence-corrected chi connectivity index (χ4v) is 4.10. The molecule has 0 radical (unpaired) electrons. The van der Waals surface area contributed by atoms with Gasteiger partial charge in [-0.1, -0.05) is 18.2 Å². The van der Waals surface area contributed by atoms with Gasteiger partial charge in [0.15, 0.2) is 0 Å². The molecule has 12 nitrogen and oxygen atoms in total. The number of amides is 4. The molecule has 9 N–H and O–H groups in total. The predicted octanol–water partition coefficient (Wildman–Crippen LogP) is -0.385. The van der Waals surface area contributed by atoms with Crippen LogP contribution < -0.4 is 27.4 Å². The highest BCUT2D eigenvalue weighted by atomic mass is 32.2. The number of carbonyl (C=O) groups excluding carboxylic acids is 4. The number of carbonyl (C=O) groups is 5. The molecule has 0 saturated heterocycles. The van der Waals surface area contributed by atoms with Crippen molar-refractivity contribution in [3.63, 3.8) is 0 Å². The van der Waals surface area contributed by atoms with E-state index in [9.17, 15) is 29.1 Å².